The van der Waals surface area contributed by atoms with E-state index in [4.69, 9.17) is 15.0 Å². The van der Waals surface area contributed by atoms with Crippen LogP contribution in [0.25, 0.3) is 55.9 Å². The predicted molar refractivity (Wildman–Crippen MR) is 223 cm³/mol. The molecule has 1 unspecified atom stereocenters. The van der Waals surface area contributed by atoms with Gasteiger partial charge in [-0.3, -0.25) is 0 Å². The van der Waals surface area contributed by atoms with Crippen LogP contribution in [0.15, 0.2) is 216 Å². The highest BCUT2D eigenvalue weighted by atomic mass is 15.2. The van der Waals surface area contributed by atoms with Gasteiger partial charge in [-0.25, -0.2) is 15.0 Å². The highest BCUT2D eigenvalue weighted by Crippen LogP contribution is 2.34. The zero-order valence-electron chi connectivity index (χ0n) is 29.5. The summed E-state index contributed by atoms with van der Waals surface area (Å²) in [5.41, 5.74) is 13.9. The van der Waals surface area contributed by atoms with Crippen LogP contribution in [-0.4, -0.2) is 16.7 Å². The van der Waals surface area contributed by atoms with E-state index in [1.165, 1.54) is 11.1 Å². The molecule has 1 aliphatic rings. The van der Waals surface area contributed by atoms with Gasteiger partial charge in [0.05, 0.1) is 11.4 Å². The monoisotopic (exact) mass is 692 g/mol. The minimum Gasteiger partial charge on any atom is -0.344 e. The molecule has 1 aromatic heterocycles. The van der Waals surface area contributed by atoms with Crippen molar-refractivity contribution in [1.29, 1.82) is 0 Å². The van der Waals surface area contributed by atoms with Gasteiger partial charge in [-0.05, 0) is 63.2 Å². The molecule has 0 saturated heterocycles. The molecule has 0 aliphatic carbocycles. The zero-order chi connectivity index (χ0) is 36.1. The molecule has 54 heavy (non-hydrogen) atoms. The molecule has 4 heteroatoms. The Morgan fingerprint density at radius 3 is 1.41 bits per heavy atom. The molecule has 0 bridgehead atoms. The van der Waals surface area contributed by atoms with E-state index < -0.39 is 0 Å². The van der Waals surface area contributed by atoms with Crippen molar-refractivity contribution in [2.45, 2.75) is 6.17 Å². The van der Waals surface area contributed by atoms with Crippen molar-refractivity contribution in [2.24, 2.45) is 9.98 Å². The number of aromatic nitrogens is 1. The van der Waals surface area contributed by atoms with Crippen molar-refractivity contribution in [3.8, 4) is 55.9 Å². The topological polar surface area (TPSA) is 49.6 Å². The van der Waals surface area contributed by atoms with E-state index in [1.807, 2.05) is 48.5 Å². The number of benzene rings is 7. The number of pyridine rings is 1. The lowest BCUT2D eigenvalue weighted by Gasteiger charge is -2.23. The average molecular weight is 693 g/mol. The van der Waals surface area contributed by atoms with Crippen molar-refractivity contribution in [3.63, 3.8) is 0 Å². The van der Waals surface area contributed by atoms with E-state index >= 15 is 0 Å². The number of amidine groups is 2. The molecule has 1 aliphatic heterocycles. The molecule has 9 rings (SSSR count). The molecule has 0 radical (unpaired) electrons. The first-order valence-electron chi connectivity index (χ1n) is 18.2. The van der Waals surface area contributed by atoms with Crippen LogP contribution in [-0.2, 0) is 0 Å². The van der Waals surface area contributed by atoms with Gasteiger partial charge in [0.2, 0.25) is 0 Å². The molecule has 0 fully saturated rings. The van der Waals surface area contributed by atoms with Crippen LogP contribution in [0.3, 0.4) is 0 Å². The molecule has 1 N–H and O–H groups in total. The highest BCUT2D eigenvalue weighted by Gasteiger charge is 2.21. The Kier molecular flexibility index (Phi) is 8.98. The van der Waals surface area contributed by atoms with Gasteiger partial charge in [-0.15, -0.1) is 0 Å². The Hall–Kier alpha value is -7.17. The number of nitrogens with one attached hydrogen (secondary N) is 1. The molecule has 0 saturated carbocycles. The van der Waals surface area contributed by atoms with Gasteiger partial charge in [0.25, 0.3) is 0 Å². The van der Waals surface area contributed by atoms with Crippen molar-refractivity contribution < 1.29 is 0 Å². The van der Waals surface area contributed by atoms with Gasteiger partial charge in [0.1, 0.15) is 12.0 Å². The van der Waals surface area contributed by atoms with Crippen molar-refractivity contribution >= 4 is 11.7 Å². The second-order valence-electron chi connectivity index (χ2n) is 13.3. The Morgan fingerprint density at radius 2 is 0.778 bits per heavy atom. The largest absolute Gasteiger partial charge is 0.344 e. The average Bonchev–Trinajstić information content (AvgIpc) is 3.27. The third-order valence-electron chi connectivity index (χ3n) is 9.74. The first-order chi connectivity index (χ1) is 26.7. The number of rotatable bonds is 8. The summed E-state index contributed by atoms with van der Waals surface area (Å²) in [4.78, 5) is 15.4. The molecule has 1 atom stereocenters. The maximum atomic E-state index is 5.22. The third-order valence-corrected chi connectivity index (χ3v) is 9.74. The van der Waals surface area contributed by atoms with Gasteiger partial charge >= 0.3 is 0 Å². The van der Waals surface area contributed by atoms with Crippen LogP contribution in [0, 0.1) is 0 Å². The summed E-state index contributed by atoms with van der Waals surface area (Å²) in [6.07, 6.45) is -0.257. The number of nitrogens with zero attached hydrogens (tertiary/aromatic N) is 3. The predicted octanol–water partition coefficient (Wildman–Crippen LogP) is 11.9. The van der Waals surface area contributed by atoms with Gasteiger partial charge in [-0.2, -0.15) is 0 Å². The maximum absolute atomic E-state index is 5.22. The van der Waals surface area contributed by atoms with Gasteiger partial charge in [0.15, 0.2) is 5.84 Å². The molecule has 7 aromatic carbocycles. The first kappa shape index (κ1) is 32.7. The SMILES string of the molecule is c1ccc(C2=NC(c3cccc(-c4cccc(-c5cc(-c6ccc(-c7ccccc7)cc6)cc(-c6ccccc6)n5)c4)c3)=NC(c3ccccc3)N2)cc1. The molecular formula is C50H36N4. The third kappa shape index (κ3) is 7.01. The Labute approximate surface area is 315 Å². The van der Waals surface area contributed by atoms with Crippen LogP contribution < -0.4 is 5.32 Å². The minimum absolute atomic E-state index is 0.257. The van der Waals surface area contributed by atoms with E-state index in [0.717, 1.165) is 67.3 Å². The smallest absolute Gasteiger partial charge is 0.159 e. The van der Waals surface area contributed by atoms with Gasteiger partial charge in [-0.1, -0.05) is 182 Å². The van der Waals surface area contributed by atoms with E-state index in [9.17, 15) is 0 Å². The molecule has 4 nitrogen and oxygen atoms in total. The van der Waals surface area contributed by atoms with Crippen molar-refractivity contribution in [1.82, 2.24) is 10.3 Å². The summed E-state index contributed by atoms with van der Waals surface area (Å²) in [5.74, 6) is 1.50. The number of aliphatic imine (C=N–C) groups is 2. The fourth-order valence-corrected chi connectivity index (χ4v) is 6.91. The molecule has 0 amide bonds. The lowest BCUT2D eigenvalue weighted by molar-refractivity contribution is 0.674. The van der Waals surface area contributed by atoms with E-state index in [-0.39, 0.29) is 6.17 Å². The van der Waals surface area contributed by atoms with Gasteiger partial charge < -0.3 is 5.32 Å². The molecular weight excluding hydrogens is 657 g/mol. The van der Waals surface area contributed by atoms with Crippen molar-refractivity contribution in [3.05, 3.63) is 223 Å². The Balaban J connectivity index is 1.09. The summed E-state index contributed by atoms with van der Waals surface area (Å²) in [7, 11) is 0. The van der Waals surface area contributed by atoms with Crippen LogP contribution in [0.2, 0.25) is 0 Å². The summed E-state index contributed by atoms with van der Waals surface area (Å²) < 4.78 is 0. The van der Waals surface area contributed by atoms with Crippen LogP contribution in [0.5, 0.6) is 0 Å². The summed E-state index contributed by atoms with van der Waals surface area (Å²) in [5, 5.41) is 3.56. The zero-order valence-corrected chi connectivity index (χ0v) is 29.5. The fraction of sp³-hybridized carbons (Fsp3) is 0.0200. The molecule has 8 aromatic rings. The van der Waals surface area contributed by atoms with Crippen molar-refractivity contribution in [2.75, 3.05) is 0 Å². The van der Waals surface area contributed by atoms with E-state index in [2.05, 4.69) is 163 Å². The Morgan fingerprint density at radius 1 is 0.333 bits per heavy atom. The summed E-state index contributed by atoms with van der Waals surface area (Å²) in [6.45, 7) is 0. The second-order valence-corrected chi connectivity index (χ2v) is 13.3. The minimum atomic E-state index is -0.257. The molecule has 2 heterocycles. The Bertz CT molecular complexity index is 2600. The van der Waals surface area contributed by atoms with Crippen LogP contribution >= 0.6 is 0 Å². The number of hydrogen-bond donors (Lipinski definition) is 1. The van der Waals surface area contributed by atoms with Gasteiger partial charge in [0, 0.05) is 22.3 Å². The summed E-state index contributed by atoms with van der Waals surface area (Å²) >= 11 is 0. The molecule has 0 spiro atoms. The summed E-state index contributed by atoms with van der Waals surface area (Å²) in [6, 6.07) is 71.8. The second kappa shape index (κ2) is 14.8. The highest BCUT2D eigenvalue weighted by molar-refractivity contribution is 6.13. The standard InChI is InChI=1S/C50H36N4/c1-5-15-35(16-6-1)36-27-29-37(30-28-36)45-33-46(38-17-7-2-8-18-38)51-47(34-45)43-25-13-23-41(31-43)42-24-14-26-44(32-42)50-53-48(39-19-9-3-10-20-39)52-49(54-50)40-21-11-4-12-22-40/h1-34,48H,(H,52,53,54). The number of hydrogen-bond acceptors (Lipinski definition) is 4. The van der Waals surface area contributed by atoms with Crippen LogP contribution in [0.4, 0.5) is 0 Å². The van der Waals surface area contributed by atoms with E-state index in [0.29, 0.717) is 5.84 Å². The lowest BCUT2D eigenvalue weighted by atomic mass is 9.96. The normalized spacial score (nSPS) is 13.7. The van der Waals surface area contributed by atoms with E-state index in [1.54, 1.807) is 0 Å². The first-order valence-corrected chi connectivity index (χ1v) is 18.2. The quantitative estimate of drug-likeness (QED) is 0.172. The molecule has 256 valence electrons. The fourth-order valence-electron chi connectivity index (χ4n) is 6.91. The lowest BCUT2D eigenvalue weighted by Crippen LogP contribution is -2.33. The van der Waals surface area contributed by atoms with Crippen LogP contribution in [0.1, 0.15) is 22.9 Å². The maximum Gasteiger partial charge on any atom is 0.159 e.